The molecular weight excluding hydrogens is 394 g/mol. The van der Waals surface area contributed by atoms with Gasteiger partial charge in [0.1, 0.15) is 11.5 Å². The largest absolute Gasteiger partial charge is 0.494 e. The minimum absolute atomic E-state index is 0.219. The summed E-state index contributed by atoms with van der Waals surface area (Å²) in [6.45, 7) is 6.72. The van der Waals surface area contributed by atoms with Gasteiger partial charge in [-0.05, 0) is 51.1 Å². The molecule has 1 heterocycles. The zero-order valence-corrected chi connectivity index (χ0v) is 18.0. The topological polar surface area (TPSA) is 82.4 Å². The third-order valence-corrected chi connectivity index (χ3v) is 4.65. The van der Waals surface area contributed by atoms with Crippen LogP contribution in [0.3, 0.4) is 0 Å². The third-order valence-electron chi connectivity index (χ3n) is 4.65. The zero-order valence-electron chi connectivity index (χ0n) is 18.0. The second kappa shape index (κ2) is 10.4. The van der Waals surface area contributed by atoms with Gasteiger partial charge in [0.25, 0.3) is 11.5 Å². The monoisotopic (exact) mass is 421 g/mol. The Kier molecular flexibility index (Phi) is 7.43. The van der Waals surface area contributed by atoms with E-state index in [1.807, 2.05) is 38.1 Å². The van der Waals surface area contributed by atoms with Crippen molar-refractivity contribution in [2.75, 3.05) is 13.2 Å². The van der Waals surface area contributed by atoms with Crippen molar-refractivity contribution < 1.29 is 14.3 Å². The minimum Gasteiger partial charge on any atom is -0.494 e. The molecule has 1 aromatic heterocycles. The van der Waals surface area contributed by atoms with Gasteiger partial charge in [-0.25, -0.2) is 4.68 Å². The van der Waals surface area contributed by atoms with Gasteiger partial charge in [0, 0.05) is 18.2 Å². The second-order valence-electron chi connectivity index (χ2n) is 7.10. The minimum atomic E-state index is -0.679. The smallest absolute Gasteiger partial charge is 0.266 e. The van der Waals surface area contributed by atoms with Crippen LogP contribution < -0.4 is 20.3 Å². The number of ether oxygens (including phenoxy) is 2. The van der Waals surface area contributed by atoms with Gasteiger partial charge in [-0.3, -0.25) is 9.59 Å². The first-order valence-corrected chi connectivity index (χ1v) is 10.3. The Morgan fingerprint density at radius 2 is 1.71 bits per heavy atom. The lowest BCUT2D eigenvalue weighted by molar-refractivity contribution is -0.127. The Labute approximate surface area is 181 Å². The van der Waals surface area contributed by atoms with Crippen molar-refractivity contribution in [3.63, 3.8) is 0 Å². The van der Waals surface area contributed by atoms with Gasteiger partial charge in [-0.1, -0.05) is 29.8 Å². The van der Waals surface area contributed by atoms with Crippen LogP contribution >= 0.6 is 0 Å². The van der Waals surface area contributed by atoms with Crippen molar-refractivity contribution in [1.29, 1.82) is 0 Å². The predicted molar refractivity (Wildman–Crippen MR) is 119 cm³/mol. The highest BCUT2D eigenvalue weighted by Crippen LogP contribution is 2.19. The van der Waals surface area contributed by atoms with E-state index in [4.69, 9.17) is 9.47 Å². The van der Waals surface area contributed by atoms with Crippen LogP contribution in [0.25, 0.3) is 11.3 Å². The van der Waals surface area contributed by atoms with Crippen LogP contribution in [0.15, 0.2) is 65.5 Å². The number of nitrogens with zero attached hydrogens (tertiary/aromatic N) is 2. The summed E-state index contributed by atoms with van der Waals surface area (Å²) in [5.74, 6) is 1.06. The lowest BCUT2D eigenvalue weighted by Gasteiger charge is -2.15. The van der Waals surface area contributed by atoms with E-state index in [2.05, 4.69) is 10.4 Å². The van der Waals surface area contributed by atoms with Gasteiger partial charge in [-0.15, -0.1) is 0 Å². The van der Waals surface area contributed by atoms with Crippen molar-refractivity contribution >= 4 is 5.91 Å². The molecule has 3 aromatic rings. The van der Waals surface area contributed by atoms with Crippen molar-refractivity contribution in [1.82, 2.24) is 15.1 Å². The molecule has 162 valence electrons. The van der Waals surface area contributed by atoms with E-state index in [1.54, 1.807) is 37.3 Å². The summed E-state index contributed by atoms with van der Waals surface area (Å²) in [6.07, 6.45) is -0.679. The highest BCUT2D eigenvalue weighted by molar-refractivity contribution is 5.80. The maximum atomic E-state index is 12.3. The number of hydrogen-bond donors (Lipinski definition) is 1. The number of nitrogens with one attached hydrogen (secondary N) is 1. The van der Waals surface area contributed by atoms with E-state index in [0.717, 1.165) is 16.9 Å². The molecule has 0 fully saturated rings. The molecule has 2 aromatic carbocycles. The molecule has 1 amide bonds. The van der Waals surface area contributed by atoms with Crippen LogP contribution in [0.5, 0.6) is 11.5 Å². The number of hydrogen-bond acceptors (Lipinski definition) is 5. The fraction of sp³-hybridized carbons (Fsp3) is 0.292. The number of carbonyl (C=O) groups is 1. The fourth-order valence-corrected chi connectivity index (χ4v) is 2.95. The number of carbonyl (C=O) groups excluding carboxylic acids is 1. The predicted octanol–water partition coefficient (Wildman–Crippen LogP) is 3.20. The molecular formula is C24H27N3O4. The van der Waals surface area contributed by atoms with Gasteiger partial charge >= 0.3 is 0 Å². The van der Waals surface area contributed by atoms with Crippen molar-refractivity contribution in [3.8, 4) is 22.8 Å². The number of benzene rings is 2. The van der Waals surface area contributed by atoms with Crippen LogP contribution in [0.4, 0.5) is 0 Å². The molecule has 7 nitrogen and oxygen atoms in total. The van der Waals surface area contributed by atoms with Crippen molar-refractivity contribution in [2.45, 2.75) is 33.4 Å². The first-order chi connectivity index (χ1) is 15.0. The van der Waals surface area contributed by atoms with Gasteiger partial charge in [0.05, 0.1) is 18.8 Å². The first-order valence-electron chi connectivity index (χ1n) is 10.3. The Balaban J connectivity index is 1.54. The van der Waals surface area contributed by atoms with Crippen LogP contribution in [0.1, 0.15) is 19.4 Å². The molecule has 31 heavy (non-hydrogen) atoms. The Morgan fingerprint density at radius 1 is 1.03 bits per heavy atom. The van der Waals surface area contributed by atoms with E-state index in [1.165, 1.54) is 10.7 Å². The first kappa shape index (κ1) is 22.1. The molecule has 0 saturated carbocycles. The summed E-state index contributed by atoms with van der Waals surface area (Å²) in [5, 5.41) is 7.20. The van der Waals surface area contributed by atoms with Crippen LogP contribution in [-0.2, 0) is 11.3 Å². The molecule has 0 saturated heterocycles. The SMILES string of the molecule is CCOc1ccc(OC(C)C(=O)NCCn2nc(-c3ccc(C)cc3)ccc2=O)cc1. The molecule has 0 bridgehead atoms. The maximum Gasteiger partial charge on any atom is 0.266 e. The molecule has 1 atom stereocenters. The molecule has 3 rings (SSSR count). The molecule has 0 aliphatic carbocycles. The summed E-state index contributed by atoms with van der Waals surface area (Å²) in [7, 11) is 0. The van der Waals surface area contributed by atoms with E-state index in [9.17, 15) is 9.59 Å². The third kappa shape index (κ3) is 6.18. The highest BCUT2D eigenvalue weighted by atomic mass is 16.5. The lowest BCUT2D eigenvalue weighted by Crippen LogP contribution is -2.39. The molecule has 0 radical (unpaired) electrons. The molecule has 1 N–H and O–H groups in total. The van der Waals surface area contributed by atoms with Gasteiger partial charge in [0.2, 0.25) is 0 Å². The number of amides is 1. The van der Waals surface area contributed by atoms with Crippen molar-refractivity contribution in [3.05, 3.63) is 76.6 Å². The maximum absolute atomic E-state index is 12.3. The summed E-state index contributed by atoms with van der Waals surface area (Å²) in [6, 6.07) is 18.2. The van der Waals surface area contributed by atoms with Gasteiger partial charge < -0.3 is 14.8 Å². The van der Waals surface area contributed by atoms with Crippen LogP contribution in [-0.4, -0.2) is 34.9 Å². The van der Waals surface area contributed by atoms with E-state index < -0.39 is 6.10 Å². The lowest BCUT2D eigenvalue weighted by atomic mass is 10.1. The Hall–Kier alpha value is -3.61. The fourth-order valence-electron chi connectivity index (χ4n) is 2.95. The summed E-state index contributed by atoms with van der Waals surface area (Å²) >= 11 is 0. The van der Waals surface area contributed by atoms with E-state index >= 15 is 0 Å². The normalized spacial score (nSPS) is 11.6. The molecule has 1 unspecified atom stereocenters. The number of aryl methyl sites for hydroxylation is 1. The van der Waals surface area contributed by atoms with E-state index in [0.29, 0.717) is 18.1 Å². The summed E-state index contributed by atoms with van der Waals surface area (Å²) in [4.78, 5) is 24.5. The molecule has 0 aliphatic rings. The average molecular weight is 421 g/mol. The van der Waals surface area contributed by atoms with Gasteiger partial charge in [0.15, 0.2) is 6.10 Å². The molecule has 0 aliphatic heterocycles. The second-order valence-corrected chi connectivity index (χ2v) is 7.10. The number of aromatic nitrogens is 2. The van der Waals surface area contributed by atoms with E-state index in [-0.39, 0.29) is 24.6 Å². The quantitative estimate of drug-likeness (QED) is 0.574. The Morgan fingerprint density at radius 3 is 2.39 bits per heavy atom. The van der Waals surface area contributed by atoms with Crippen LogP contribution in [0, 0.1) is 6.92 Å². The van der Waals surface area contributed by atoms with Crippen molar-refractivity contribution in [2.24, 2.45) is 0 Å². The standard InChI is InChI=1S/C24H27N3O4/c1-4-30-20-9-11-21(12-10-20)31-18(3)24(29)25-15-16-27-23(28)14-13-22(26-27)19-7-5-17(2)6-8-19/h5-14,18H,4,15-16H2,1-3H3,(H,25,29). The Bertz CT molecular complexity index is 1060. The average Bonchev–Trinajstić information content (AvgIpc) is 2.77. The number of rotatable bonds is 9. The molecule has 0 spiro atoms. The molecule has 7 heteroatoms. The van der Waals surface area contributed by atoms with Crippen LogP contribution in [0.2, 0.25) is 0 Å². The summed E-state index contributed by atoms with van der Waals surface area (Å²) in [5.41, 5.74) is 2.57. The summed E-state index contributed by atoms with van der Waals surface area (Å²) < 4.78 is 12.4. The van der Waals surface area contributed by atoms with Gasteiger partial charge in [-0.2, -0.15) is 5.10 Å². The zero-order chi connectivity index (χ0) is 22.2. The highest BCUT2D eigenvalue weighted by Gasteiger charge is 2.14.